The highest BCUT2D eigenvalue weighted by atomic mass is 28.4. The second-order valence-corrected chi connectivity index (χ2v) is 25.6. The number of ether oxygens (including phenoxy) is 1. The molecule has 2 rings (SSSR count). The average Bonchev–Trinajstić information content (AvgIpc) is 3.22. The van der Waals surface area contributed by atoms with Gasteiger partial charge in [0, 0.05) is 12.3 Å². The molecule has 0 aliphatic heterocycles. The highest BCUT2D eigenvalue weighted by Crippen LogP contribution is 2.48. The first-order chi connectivity index (χ1) is 20.3. The molecule has 0 bridgehead atoms. The first kappa shape index (κ1) is 38.9. The predicted molar refractivity (Wildman–Crippen MR) is 190 cm³/mol. The number of aliphatic hydroxyl groups excluding tert-OH is 1. The fraction of sp³-hybridized carbons (Fsp3) is 0.757. The summed E-state index contributed by atoms with van der Waals surface area (Å²) in [4.78, 5) is 11.5. The highest BCUT2D eigenvalue weighted by Gasteiger charge is 2.48. The van der Waals surface area contributed by atoms with Crippen LogP contribution >= 0.6 is 0 Å². The molecule has 5 atom stereocenters. The van der Waals surface area contributed by atoms with Crippen LogP contribution in [0, 0.1) is 5.92 Å². The second kappa shape index (κ2) is 16.5. The minimum absolute atomic E-state index is 0.0155. The summed E-state index contributed by atoms with van der Waals surface area (Å²) >= 11 is 0. The van der Waals surface area contributed by atoms with Crippen molar-refractivity contribution in [2.24, 2.45) is 5.92 Å². The van der Waals surface area contributed by atoms with Crippen LogP contribution in [0.4, 0.5) is 0 Å². The molecule has 1 saturated carbocycles. The number of rotatable bonds is 16. The van der Waals surface area contributed by atoms with Gasteiger partial charge in [-0.2, -0.15) is 0 Å². The van der Waals surface area contributed by atoms with E-state index in [0.717, 1.165) is 25.7 Å². The van der Waals surface area contributed by atoms with Crippen LogP contribution in [0.1, 0.15) is 129 Å². The minimum Gasteiger partial charge on any atom is -0.469 e. The lowest BCUT2D eigenvalue weighted by Crippen LogP contribution is -2.44. The van der Waals surface area contributed by atoms with Gasteiger partial charge in [0.15, 0.2) is 16.6 Å². The van der Waals surface area contributed by atoms with E-state index in [0.29, 0.717) is 12.8 Å². The maximum absolute atomic E-state index is 11.5. The molecule has 1 aromatic rings. The molecule has 1 aliphatic carbocycles. The Morgan fingerprint density at radius 1 is 0.955 bits per heavy atom. The van der Waals surface area contributed by atoms with Crippen LogP contribution in [-0.4, -0.2) is 47.0 Å². The smallest absolute Gasteiger partial charge is 0.305 e. The number of hydrogen-bond donors (Lipinski definition) is 1. The number of carbonyl (C=O) groups is 1. The molecule has 1 fully saturated rings. The Balaban J connectivity index is 2.37. The van der Waals surface area contributed by atoms with Crippen molar-refractivity contribution in [2.45, 2.75) is 167 Å². The molecule has 44 heavy (non-hydrogen) atoms. The maximum Gasteiger partial charge on any atom is 0.305 e. The van der Waals surface area contributed by atoms with Gasteiger partial charge in [-0.15, -0.1) is 0 Å². The molecule has 1 N–H and O–H groups in total. The fourth-order valence-electron chi connectivity index (χ4n) is 5.69. The van der Waals surface area contributed by atoms with Crippen LogP contribution in [0.15, 0.2) is 36.4 Å². The molecule has 0 aromatic heterocycles. The van der Waals surface area contributed by atoms with Crippen molar-refractivity contribution in [3.63, 3.8) is 0 Å². The molecule has 1 aromatic carbocycles. The third-order valence-electron chi connectivity index (χ3n) is 10.6. The molecule has 1 aliphatic rings. The van der Waals surface area contributed by atoms with Gasteiger partial charge in [0.1, 0.15) is 0 Å². The third-order valence-corrected chi connectivity index (χ3v) is 19.6. The van der Waals surface area contributed by atoms with E-state index in [1.165, 1.54) is 37.5 Å². The Kier molecular flexibility index (Phi) is 14.6. The molecular formula is C37H66O5Si2. The summed E-state index contributed by atoms with van der Waals surface area (Å²) in [5.41, 5.74) is 2.51. The minimum atomic E-state index is -2.05. The molecule has 1 unspecified atom stereocenters. The van der Waals surface area contributed by atoms with Crippen molar-refractivity contribution in [1.29, 1.82) is 0 Å². The van der Waals surface area contributed by atoms with Crippen molar-refractivity contribution in [2.75, 3.05) is 7.11 Å². The van der Waals surface area contributed by atoms with E-state index in [1.54, 1.807) is 0 Å². The number of benzene rings is 1. The van der Waals surface area contributed by atoms with Crippen LogP contribution in [-0.2, 0) is 18.4 Å². The predicted octanol–water partition coefficient (Wildman–Crippen LogP) is 10.5. The molecule has 5 nitrogen and oxygen atoms in total. The normalized spacial score (nSPS) is 22.5. The quantitative estimate of drug-likeness (QED) is 0.0838. The van der Waals surface area contributed by atoms with E-state index in [-0.39, 0.29) is 40.1 Å². The number of allylic oxidation sites excluding steroid dienone is 2. The van der Waals surface area contributed by atoms with E-state index in [9.17, 15) is 9.90 Å². The zero-order valence-electron chi connectivity index (χ0n) is 30.3. The van der Waals surface area contributed by atoms with Gasteiger partial charge in [-0.05, 0) is 85.4 Å². The van der Waals surface area contributed by atoms with Crippen LogP contribution in [0.5, 0.6) is 0 Å². The summed E-state index contributed by atoms with van der Waals surface area (Å²) in [6, 6.07) is 9.14. The summed E-state index contributed by atoms with van der Waals surface area (Å²) in [5, 5.41) is 11.6. The van der Waals surface area contributed by atoms with Gasteiger partial charge in [-0.1, -0.05) is 104 Å². The van der Waals surface area contributed by atoms with Crippen LogP contribution < -0.4 is 0 Å². The van der Waals surface area contributed by atoms with Gasteiger partial charge < -0.3 is 18.7 Å². The van der Waals surface area contributed by atoms with Crippen molar-refractivity contribution < 1.29 is 23.5 Å². The molecule has 0 radical (unpaired) electrons. The van der Waals surface area contributed by atoms with E-state index in [2.05, 4.69) is 111 Å². The summed E-state index contributed by atoms with van der Waals surface area (Å²) in [7, 11) is -2.56. The van der Waals surface area contributed by atoms with Crippen molar-refractivity contribution in [3.05, 3.63) is 47.5 Å². The van der Waals surface area contributed by atoms with Crippen LogP contribution in [0.2, 0.25) is 36.3 Å². The summed E-state index contributed by atoms with van der Waals surface area (Å²) < 4.78 is 18.8. The van der Waals surface area contributed by atoms with Crippen molar-refractivity contribution in [3.8, 4) is 0 Å². The topological polar surface area (TPSA) is 65.0 Å². The molecule has 0 amide bonds. The Labute approximate surface area is 272 Å². The molecule has 0 spiro atoms. The number of aliphatic hydroxyl groups is 1. The zero-order chi connectivity index (χ0) is 33.3. The lowest BCUT2D eigenvalue weighted by molar-refractivity contribution is -0.140. The lowest BCUT2D eigenvalue weighted by atomic mass is 9.84. The van der Waals surface area contributed by atoms with E-state index < -0.39 is 22.7 Å². The largest absolute Gasteiger partial charge is 0.469 e. The summed E-state index contributed by atoms with van der Waals surface area (Å²) in [5.74, 6) is 0.0325. The number of hydrogen-bond acceptors (Lipinski definition) is 5. The molecule has 0 saturated heterocycles. The van der Waals surface area contributed by atoms with Gasteiger partial charge in [0.2, 0.25) is 0 Å². The zero-order valence-corrected chi connectivity index (χ0v) is 32.3. The summed E-state index contributed by atoms with van der Waals surface area (Å²) in [6.45, 7) is 25.4. The van der Waals surface area contributed by atoms with Gasteiger partial charge in [-0.25, -0.2) is 0 Å². The van der Waals surface area contributed by atoms with Gasteiger partial charge in [0.05, 0.1) is 25.4 Å². The first-order valence-corrected chi connectivity index (χ1v) is 23.0. The Bertz CT molecular complexity index is 1040. The van der Waals surface area contributed by atoms with E-state index >= 15 is 0 Å². The van der Waals surface area contributed by atoms with Crippen LogP contribution in [0.3, 0.4) is 0 Å². The van der Waals surface area contributed by atoms with Crippen molar-refractivity contribution >= 4 is 22.6 Å². The Hall–Kier alpha value is -1.26. The number of methoxy groups -OCH3 is 1. The molecular weight excluding hydrogens is 581 g/mol. The van der Waals surface area contributed by atoms with E-state index in [4.69, 9.17) is 13.6 Å². The van der Waals surface area contributed by atoms with Gasteiger partial charge in [-0.3, -0.25) is 4.79 Å². The molecule has 7 heteroatoms. The fourth-order valence-corrected chi connectivity index (χ4v) is 8.36. The maximum atomic E-state index is 11.5. The van der Waals surface area contributed by atoms with Gasteiger partial charge >= 0.3 is 5.97 Å². The number of carbonyl (C=O) groups excluding carboxylic acids is 1. The molecule has 0 heterocycles. The standard InChI is InChI=1S/C37H66O5Si2/c1-13-14-17-21-32(41-43(9,10)36(2,3)4)28-23-25-29(26-24-28)35-30(20-18-15-16-19-22-34(39)40-8)31(38)27-33(35)42-44(11,12)37(5,6)7/h15,18,23-26,30-33,35,38H,13-14,16-17,19-22,27H2,1-12H3/b18-15-/t30-,31-,32?,33-,35+/m0/s1. The number of esters is 1. The SMILES string of the molecule is CCCCCC(O[Si](C)(C)C(C)(C)C)c1ccc([C@@H]2[C@@H](C/C=C\CCCC(=O)OC)[C@@H](O)C[C@@H]2O[Si](C)(C)C(C)(C)C)cc1. The Morgan fingerprint density at radius 3 is 2.11 bits per heavy atom. The number of unbranched alkanes of at least 4 members (excludes halogenated alkanes) is 3. The summed E-state index contributed by atoms with van der Waals surface area (Å²) in [6.07, 6.45) is 12.1. The van der Waals surface area contributed by atoms with Crippen molar-refractivity contribution in [1.82, 2.24) is 0 Å². The Morgan fingerprint density at radius 2 is 1.57 bits per heavy atom. The van der Waals surface area contributed by atoms with Crippen LogP contribution in [0.25, 0.3) is 0 Å². The monoisotopic (exact) mass is 646 g/mol. The first-order valence-electron chi connectivity index (χ1n) is 17.2. The molecule has 252 valence electrons. The lowest BCUT2D eigenvalue weighted by Gasteiger charge is -2.40. The van der Waals surface area contributed by atoms with E-state index in [1.807, 2.05) is 0 Å². The average molecular weight is 647 g/mol. The van der Waals surface area contributed by atoms with Gasteiger partial charge in [0.25, 0.3) is 0 Å². The second-order valence-electron chi connectivity index (χ2n) is 16.1. The highest BCUT2D eigenvalue weighted by molar-refractivity contribution is 6.74. The third kappa shape index (κ3) is 10.9.